The summed E-state index contributed by atoms with van der Waals surface area (Å²) in [6.45, 7) is 3.05. The maximum absolute atomic E-state index is 4.67. The Morgan fingerprint density at radius 1 is 2.00 bits per heavy atom. The van der Waals surface area contributed by atoms with Crippen LogP contribution in [0.4, 0.5) is 0 Å². The molecule has 0 unspecified atom stereocenters. The number of rotatable bonds is 1. The fourth-order valence-corrected chi connectivity index (χ4v) is 0. The fourth-order valence-electron chi connectivity index (χ4n) is 0. The van der Waals surface area contributed by atoms with Gasteiger partial charge in [0, 0.05) is 0 Å². The average Bonchev–Trinajstić information content (AvgIpc) is 1.37. The Bertz CT molecular complexity index is 27.0. The first-order chi connectivity index (χ1) is 1.91. The van der Waals surface area contributed by atoms with Gasteiger partial charge in [0.15, 0.2) is 0 Å². The maximum atomic E-state index is 4.67. The van der Waals surface area contributed by atoms with E-state index in [1.165, 1.54) is 0 Å². The first kappa shape index (κ1) is 3.60. The van der Waals surface area contributed by atoms with E-state index in [-0.39, 0.29) is 0 Å². The second-order valence-electron chi connectivity index (χ2n) is 0.332. The SMILES string of the molecule is [B]=CN=C. The van der Waals surface area contributed by atoms with E-state index in [0.717, 1.165) is 6.09 Å². The molecule has 0 aliphatic heterocycles. The summed E-state index contributed by atoms with van der Waals surface area (Å²) in [7, 11) is 4.67. The van der Waals surface area contributed by atoms with Crippen molar-refractivity contribution in [1.29, 1.82) is 0 Å². The van der Waals surface area contributed by atoms with Crippen LogP contribution < -0.4 is 0 Å². The Morgan fingerprint density at radius 3 is 2.25 bits per heavy atom. The summed E-state index contributed by atoms with van der Waals surface area (Å²) in [6, 6.07) is 0. The molecule has 0 heterocycles. The molecule has 0 N–H and O–H groups in total. The molecule has 0 saturated heterocycles. The number of aliphatic imine (C=N–C) groups is 1. The van der Waals surface area contributed by atoms with Gasteiger partial charge in [-0.1, -0.05) is 0 Å². The van der Waals surface area contributed by atoms with Crippen molar-refractivity contribution in [1.82, 2.24) is 0 Å². The van der Waals surface area contributed by atoms with Crippen LogP contribution in [0.1, 0.15) is 0 Å². The summed E-state index contributed by atoms with van der Waals surface area (Å²) >= 11 is 0. The van der Waals surface area contributed by atoms with Gasteiger partial charge in [0.25, 0.3) is 0 Å². The molecule has 19 valence electrons. The van der Waals surface area contributed by atoms with E-state index in [0.29, 0.717) is 0 Å². The molecule has 0 fully saturated rings. The number of nitrogens with zero attached hydrogens (tertiary/aromatic N) is 1. The topological polar surface area (TPSA) is 12.4 Å². The van der Waals surface area contributed by atoms with E-state index < -0.39 is 0 Å². The van der Waals surface area contributed by atoms with Gasteiger partial charge in [-0.2, -0.15) is 0 Å². The summed E-state index contributed by atoms with van der Waals surface area (Å²) in [6.07, 6.45) is 1.14. The molecular formula is C2H3BN. The van der Waals surface area contributed by atoms with Crippen molar-refractivity contribution in [3.8, 4) is 0 Å². The van der Waals surface area contributed by atoms with Crippen molar-refractivity contribution in [3.63, 3.8) is 0 Å². The molecule has 0 amide bonds. The van der Waals surface area contributed by atoms with Crippen LogP contribution in [0.25, 0.3) is 0 Å². The van der Waals surface area contributed by atoms with Crippen LogP contribution in [-0.4, -0.2) is 20.3 Å². The third-order valence-corrected chi connectivity index (χ3v) is 0.105. The normalized spacial score (nSPS) is 4.75. The van der Waals surface area contributed by atoms with E-state index in [2.05, 4.69) is 19.2 Å². The second kappa shape index (κ2) is 2.60. The van der Waals surface area contributed by atoms with Gasteiger partial charge in [-0.3, -0.25) is 0 Å². The zero-order valence-corrected chi connectivity index (χ0v) is 2.31. The van der Waals surface area contributed by atoms with Crippen LogP contribution in [0.15, 0.2) is 4.99 Å². The van der Waals surface area contributed by atoms with Crippen LogP contribution >= 0.6 is 0 Å². The van der Waals surface area contributed by atoms with Gasteiger partial charge in [-0.15, -0.1) is 0 Å². The van der Waals surface area contributed by atoms with Gasteiger partial charge in [-0.05, 0) is 0 Å². The molecule has 0 spiro atoms. The van der Waals surface area contributed by atoms with Crippen LogP contribution in [-0.2, 0) is 0 Å². The van der Waals surface area contributed by atoms with Crippen molar-refractivity contribution >= 4 is 20.3 Å². The second-order valence-corrected chi connectivity index (χ2v) is 0.332. The Hall–Kier alpha value is -0.395. The summed E-state index contributed by atoms with van der Waals surface area (Å²) in [5, 5.41) is 0. The molecule has 0 aromatic heterocycles. The van der Waals surface area contributed by atoms with E-state index in [1.54, 1.807) is 0 Å². The first-order valence-electron chi connectivity index (χ1n) is 0.908. The summed E-state index contributed by atoms with van der Waals surface area (Å²) in [4.78, 5) is 3.14. The van der Waals surface area contributed by atoms with E-state index >= 15 is 0 Å². The Morgan fingerprint density at radius 2 is 2.25 bits per heavy atom. The zero-order valence-electron chi connectivity index (χ0n) is 2.31. The first-order valence-corrected chi connectivity index (χ1v) is 0.908. The fraction of sp³-hybridized carbons (Fsp3) is 0. The molecule has 1 nitrogen and oxygen atoms in total. The van der Waals surface area contributed by atoms with Crippen molar-refractivity contribution in [2.24, 2.45) is 4.99 Å². The van der Waals surface area contributed by atoms with Crippen LogP contribution in [0, 0.1) is 0 Å². The Balaban J connectivity index is 2.73. The summed E-state index contributed by atoms with van der Waals surface area (Å²) in [5.74, 6) is 0. The predicted molar refractivity (Wildman–Crippen MR) is 21.4 cm³/mol. The Kier molecular flexibility index (Phi) is 2.35. The minimum atomic E-state index is 1.14. The van der Waals surface area contributed by atoms with Gasteiger partial charge in [0.2, 0.25) is 0 Å². The molecule has 0 bridgehead atoms. The quantitative estimate of drug-likeness (QED) is 0.284. The van der Waals surface area contributed by atoms with Crippen molar-refractivity contribution in [2.75, 3.05) is 0 Å². The standard InChI is InChI=1S/C2H3BN/c1-4-2-3/h2H,1H2. The molecule has 0 aromatic carbocycles. The predicted octanol–water partition coefficient (Wildman–Crippen LogP) is -0.385. The van der Waals surface area contributed by atoms with Crippen LogP contribution in [0.3, 0.4) is 0 Å². The van der Waals surface area contributed by atoms with Gasteiger partial charge in [0.1, 0.15) is 0 Å². The summed E-state index contributed by atoms with van der Waals surface area (Å²) in [5.41, 5.74) is 0. The molecule has 0 aromatic rings. The van der Waals surface area contributed by atoms with Crippen LogP contribution in [0.2, 0.25) is 0 Å². The van der Waals surface area contributed by atoms with Gasteiger partial charge >= 0.3 is 25.3 Å². The van der Waals surface area contributed by atoms with Crippen molar-refractivity contribution in [2.45, 2.75) is 0 Å². The van der Waals surface area contributed by atoms with Crippen LogP contribution in [0.5, 0.6) is 0 Å². The van der Waals surface area contributed by atoms with E-state index in [4.69, 9.17) is 0 Å². The zero-order chi connectivity index (χ0) is 3.41. The molecule has 0 aliphatic carbocycles. The van der Waals surface area contributed by atoms with E-state index in [9.17, 15) is 0 Å². The third kappa shape index (κ3) is 1.60. The number of hydrogen-bond acceptors (Lipinski definition) is 1. The molecule has 0 saturated carbocycles. The minimum absolute atomic E-state index is 1.14. The van der Waals surface area contributed by atoms with Crippen molar-refractivity contribution < 1.29 is 0 Å². The van der Waals surface area contributed by atoms with Gasteiger partial charge in [-0.25, -0.2) is 0 Å². The average molecular weight is 51.9 g/mol. The molecule has 0 rings (SSSR count). The van der Waals surface area contributed by atoms with E-state index in [1.807, 2.05) is 0 Å². The number of hydrogen-bond donors (Lipinski definition) is 0. The molecular weight excluding hydrogens is 48.8 g/mol. The molecule has 4 heavy (non-hydrogen) atoms. The Labute approximate surface area is 26.4 Å². The molecule has 0 aliphatic rings. The summed E-state index contributed by atoms with van der Waals surface area (Å²) < 4.78 is 0. The van der Waals surface area contributed by atoms with Crippen molar-refractivity contribution in [3.05, 3.63) is 0 Å². The van der Waals surface area contributed by atoms with Gasteiger partial charge < -0.3 is 0 Å². The monoisotopic (exact) mass is 52.0 g/mol. The third-order valence-electron chi connectivity index (χ3n) is 0.105. The molecule has 0 atom stereocenters. The molecule has 1 radical (unpaired) electrons. The van der Waals surface area contributed by atoms with Gasteiger partial charge in [0.05, 0.1) is 0 Å². The molecule has 2 heteroatoms.